The van der Waals surface area contributed by atoms with Gasteiger partial charge in [-0.3, -0.25) is 4.79 Å². The second kappa shape index (κ2) is 8.32. The zero-order valence-corrected chi connectivity index (χ0v) is 12.1. The summed E-state index contributed by atoms with van der Waals surface area (Å²) in [6, 6.07) is 6.19. The summed E-state index contributed by atoms with van der Waals surface area (Å²) in [6.07, 6.45) is 0. The Morgan fingerprint density at radius 3 is 2.21 bits per heavy atom. The molecule has 0 atom stereocenters. The Balaban J connectivity index is 0.000000741. The lowest BCUT2D eigenvalue weighted by molar-refractivity contribution is -0.131. The molecule has 1 heterocycles. The Morgan fingerprint density at radius 2 is 1.68 bits per heavy atom. The molecule has 0 unspecified atom stereocenters. The van der Waals surface area contributed by atoms with Crippen LogP contribution in [0.1, 0.15) is 38.2 Å². The van der Waals surface area contributed by atoms with E-state index in [1.165, 1.54) is 12.1 Å². The van der Waals surface area contributed by atoms with Crippen molar-refractivity contribution in [2.75, 3.05) is 0 Å². The quantitative estimate of drug-likeness (QED) is 0.655. The lowest BCUT2D eigenvalue weighted by Crippen LogP contribution is -2.11. The van der Waals surface area contributed by atoms with Gasteiger partial charge in [0.25, 0.3) is 0 Å². The largest absolute Gasteiger partial charge is 0.475 e. The molecule has 0 spiro atoms. The maximum atomic E-state index is 11.1. The predicted octanol–water partition coefficient (Wildman–Crippen LogP) is 4.41. The molecule has 5 heteroatoms. The molecule has 19 heavy (non-hydrogen) atoms. The molecule has 0 aliphatic heterocycles. The molecule has 0 bridgehead atoms. The van der Waals surface area contributed by atoms with Crippen molar-refractivity contribution < 1.29 is 19.1 Å². The summed E-state index contributed by atoms with van der Waals surface area (Å²) in [5.41, 5.74) is 0.395. The number of hydrogen-bond donors (Lipinski definition) is 1. The van der Waals surface area contributed by atoms with Crippen molar-refractivity contribution in [3.63, 3.8) is 0 Å². The van der Waals surface area contributed by atoms with Crippen LogP contribution >= 0.6 is 11.6 Å². The smallest absolute Gasteiger partial charge is 0.380 e. The lowest BCUT2D eigenvalue weighted by atomic mass is 10.2. The van der Waals surface area contributed by atoms with Crippen LogP contribution in [0.5, 0.6) is 0 Å². The van der Waals surface area contributed by atoms with Gasteiger partial charge in [0, 0.05) is 16.5 Å². The fraction of sp³-hybridized carbons (Fsp3) is 0.286. The molecule has 1 aromatic carbocycles. The molecule has 0 aliphatic carbocycles. The number of Topliss-reactive ketones (excluding diaryl/α,β-unsaturated/α-hetero) is 1. The molecule has 1 aromatic heterocycles. The molecule has 0 saturated heterocycles. The maximum absolute atomic E-state index is 11.1. The fourth-order valence-corrected chi connectivity index (χ4v) is 1.38. The normalized spacial score (nSPS) is 8.89. The summed E-state index contributed by atoms with van der Waals surface area (Å²) in [5, 5.41) is 9.59. The summed E-state index contributed by atoms with van der Waals surface area (Å²) < 4.78 is 5.06. The van der Waals surface area contributed by atoms with Gasteiger partial charge in [-0.1, -0.05) is 39.3 Å². The highest BCUT2D eigenvalue weighted by atomic mass is 35.5. The van der Waals surface area contributed by atoms with E-state index in [4.69, 9.17) is 21.1 Å². The van der Waals surface area contributed by atoms with E-state index in [0.29, 0.717) is 16.0 Å². The number of ketones is 1. The van der Waals surface area contributed by atoms with E-state index in [-0.39, 0.29) is 5.76 Å². The van der Waals surface area contributed by atoms with Crippen LogP contribution in [0.15, 0.2) is 28.7 Å². The molecule has 0 amide bonds. The molecule has 0 radical (unpaired) electrons. The lowest BCUT2D eigenvalue weighted by Gasteiger charge is -1.88. The molecule has 0 saturated carbocycles. The van der Waals surface area contributed by atoms with Crippen molar-refractivity contribution in [2.45, 2.75) is 27.7 Å². The standard InChI is InChI=1S/C10H5ClO4.2C2H6/c11-6-2-1-5-3-8(9(12)10(13)14)15-7(5)4-6;2*1-2/h1-4H,(H,13,14);2*1-2H3. The van der Waals surface area contributed by atoms with E-state index in [1.807, 2.05) is 27.7 Å². The van der Waals surface area contributed by atoms with Gasteiger partial charge in [-0.15, -0.1) is 0 Å². The third kappa shape index (κ3) is 4.41. The Hall–Kier alpha value is -1.81. The van der Waals surface area contributed by atoms with Gasteiger partial charge in [-0.25, -0.2) is 4.79 Å². The SMILES string of the molecule is CC.CC.O=C(O)C(=O)c1cc2ccc(Cl)cc2o1. The first-order valence-corrected chi connectivity index (χ1v) is 6.42. The first kappa shape index (κ1) is 17.2. The highest BCUT2D eigenvalue weighted by molar-refractivity contribution is 6.39. The van der Waals surface area contributed by atoms with E-state index in [9.17, 15) is 9.59 Å². The fourth-order valence-electron chi connectivity index (χ4n) is 1.22. The molecular weight excluding hydrogens is 268 g/mol. The van der Waals surface area contributed by atoms with Gasteiger partial charge in [-0.05, 0) is 18.2 Å². The van der Waals surface area contributed by atoms with E-state index in [1.54, 1.807) is 12.1 Å². The molecule has 104 valence electrons. The van der Waals surface area contributed by atoms with E-state index in [0.717, 1.165) is 0 Å². The van der Waals surface area contributed by atoms with Gasteiger partial charge in [0.05, 0.1) is 0 Å². The monoisotopic (exact) mass is 284 g/mol. The van der Waals surface area contributed by atoms with E-state index in [2.05, 4.69) is 0 Å². The third-order valence-corrected chi connectivity index (χ3v) is 2.14. The zero-order chi connectivity index (χ0) is 15.0. The summed E-state index contributed by atoms with van der Waals surface area (Å²) in [5.74, 6) is -2.80. The van der Waals surface area contributed by atoms with Crippen LogP contribution in [-0.4, -0.2) is 16.9 Å². The number of carbonyl (C=O) groups is 2. The van der Waals surface area contributed by atoms with Crippen LogP contribution in [0.4, 0.5) is 0 Å². The molecule has 1 N–H and O–H groups in total. The summed E-state index contributed by atoms with van der Waals surface area (Å²) in [4.78, 5) is 21.5. The number of rotatable bonds is 2. The number of carbonyl (C=O) groups excluding carboxylic acids is 1. The Labute approximate surface area is 117 Å². The first-order chi connectivity index (χ1) is 9.08. The van der Waals surface area contributed by atoms with Gasteiger partial charge in [0.2, 0.25) is 0 Å². The number of hydrogen-bond acceptors (Lipinski definition) is 3. The minimum Gasteiger partial charge on any atom is -0.475 e. The number of halogens is 1. The number of carboxylic acid groups (broad SMARTS) is 1. The molecular formula is C14H17ClO4. The first-order valence-electron chi connectivity index (χ1n) is 6.04. The van der Waals surface area contributed by atoms with Crippen LogP contribution in [0.25, 0.3) is 11.0 Å². The highest BCUT2D eigenvalue weighted by Gasteiger charge is 2.19. The average Bonchev–Trinajstić information content (AvgIpc) is 2.85. The summed E-state index contributed by atoms with van der Waals surface area (Å²) >= 11 is 5.71. The van der Waals surface area contributed by atoms with Crippen LogP contribution in [0.3, 0.4) is 0 Å². The number of carboxylic acids is 1. The van der Waals surface area contributed by atoms with Gasteiger partial charge in [0.1, 0.15) is 5.58 Å². The van der Waals surface area contributed by atoms with Crippen molar-refractivity contribution >= 4 is 34.3 Å². The van der Waals surface area contributed by atoms with Gasteiger partial charge in [-0.2, -0.15) is 0 Å². The van der Waals surface area contributed by atoms with E-state index >= 15 is 0 Å². The minimum absolute atomic E-state index is 0.195. The molecule has 0 fully saturated rings. The van der Waals surface area contributed by atoms with Gasteiger partial charge < -0.3 is 9.52 Å². The summed E-state index contributed by atoms with van der Waals surface area (Å²) in [7, 11) is 0. The number of furan rings is 1. The third-order valence-electron chi connectivity index (χ3n) is 1.90. The van der Waals surface area contributed by atoms with Crippen LogP contribution in [0.2, 0.25) is 5.02 Å². The minimum atomic E-state index is -1.54. The van der Waals surface area contributed by atoms with Crippen molar-refractivity contribution in [1.82, 2.24) is 0 Å². The molecule has 2 aromatic rings. The second-order valence-electron chi connectivity index (χ2n) is 2.93. The molecule has 4 nitrogen and oxygen atoms in total. The van der Waals surface area contributed by atoms with Gasteiger partial charge >= 0.3 is 11.8 Å². The van der Waals surface area contributed by atoms with Crippen molar-refractivity contribution in [2.24, 2.45) is 0 Å². The van der Waals surface area contributed by atoms with Gasteiger partial charge in [0.15, 0.2) is 5.76 Å². The predicted molar refractivity (Wildman–Crippen MR) is 75.9 cm³/mol. The number of fused-ring (bicyclic) bond motifs is 1. The number of benzene rings is 1. The Morgan fingerprint density at radius 1 is 1.11 bits per heavy atom. The van der Waals surface area contributed by atoms with Crippen molar-refractivity contribution in [1.29, 1.82) is 0 Å². The van der Waals surface area contributed by atoms with Crippen molar-refractivity contribution in [3.05, 3.63) is 35.0 Å². The second-order valence-corrected chi connectivity index (χ2v) is 3.36. The Bertz CT molecular complexity index is 558. The van der Waals surface area contributed by atoms with Crippen LogP contribution in [-0.2, 0) is 4.79 Å². The van der Waals surface area contributed by atoms with E-state index < -0.39 is 11.8 Å². The number of aliphatic carboxylic acids is 1. The Kier molecular flexibility index (Phi) is 7.53. The maximum Gasteiger partial charge on any atom is 0.380 e. The molecule has 0 aliphatic rings. The van der Waals surface area contributed by atoms with Crippen LogP contribution < -0.4 is 0 Å². The highest BCUT2D eigenvalue weighted by Crippen LogP contribution is 2.23. The zero-order valence-electron chi connectivity index (χ0n) is 11.4. The average molecular weight is 285 g/mol. The molecule has 2 rings (SSSR count). The van der Waals surface area contributed by atoms with Crippen LogP contribution in [0, 0.1) is 0 Å². The van der Waals surface area contributed by atoms with Crippen molar-refractivity contribution in [3.8, 4) is 0 Å². The topological polar surface area (TPSA) is 67.5 Å². The summed E-state index contributed by atoms with van der Waals surface area (Å²) in [6.45, 7) is 8.00.